The Morgan fingerprint density at radius 3 is 2.56 bits per heavy atom. The van der Waals surface area contributed by atoms with E-state index in [9.17, 15) is 0 Å². The summed E-state index contributed by atoms with van der Waals surface area (Å²) in [6, 6.07) is 3.71. The van der Waals surface area contributed by atoms with E-state index in [-0.39, 0.29) is 0 Å². The van der Waals surface area contributed by atoms with Crippen molar-refractivity contribution in [3.63, 3.8) is 0 Å². The minimum absolute atomic E-state index is 0.561. The van der Waals surface area contributed by atoms with Crippen LogP contribution in [0.2, 0.25) is 0 Å². The molecule has 2 rings (SSSR count). The average Bonchev–Trinajstić information content (AvgIpc) is 2.89. The third-order valence-electron chi connectivity index (χ3n) is 2.38. The van der Waals surface area contributed by atoms with E-state index in [2.05, 4.69) is 25.8 Å². The van der Waals surface area contributed by atoms with E-state index in [1.54, 1.807) is 6.20 Å². The normalized spacial score (nSPS) is 10.3. The van der Waals surface area contributed by atoms with Gasteiger partial charge in [-0.2, -0.15) is 0 Å². The van der Waals surface area contributed by atoms with Crippen molar-refractivity contribution in [2.45, 2.75) is 26.8 Å². The molecule has 6 heteroatoms. The van der Waals surface area contributed by atoms with Gasteiger partial charge in [-0.25, -0.2) is 9.97 Å². The number of hydrogen-bond donors (Lipinski definition) is 2. The molecule has 2 heterocycles. The van der Waals surface area contributed by atoms with Gasteiger partial charge in [0.2, 0.25) is 0 Å². The fourth-order valence-corrected chi connectivity index (χ4v) is 1.53. The highest BCUT2D eigenvalue weighted by molar-refractivity contribution is 5.47. The second-order valence-electron chi connectivity index (χ2n) is 3.77. The van der Waals surface area contributed by atoms with Crippen LogP contribution in [-0.4, -0.2) is 21.7 Å². The first-order valence-corrected chi connectivity index (χ1v) is 6.07. The van der Waals surface area contributed by atoms with E-state index in [0.717, 1.165) is 36.2 Å². The van der Waals surface area contributed by atoms with Crippen molar-refractivity contribution in [1.29, 1.82) is 0 Å². The fraction of sp³-hybridized carbons (Fsp3) is 0.417. The van der Waals surface area contributed by atoms with Gasteiger partial charge in [-0.3, -0.25) is 0 Å². The standard InChI is InChI=1S/C12H17N5O/c1-3-10-16-11(13-4-2)7-12(17-10)14-8-9-5-6-15-18-9/h5-7H,3-4,8H2,1-2H3,(H2,13,14,16,17). The van der Waals surface area contributed by atoms with E-state index in [0.29, 0.717) is 6.54 Å². The lowest BCUT2D eigenvalue weighted by molar-refractivity contribution is 0.388. The van der Waals surface area contributed by atoms with Gasteiger partial charge in [-0.15, -0.1) is 0 Å². The molecule has 6 nitrogen and oxygen atoms in total. The maximum atomic E-state index is 5.02. The lowest BCUT2D eigenvalue weighted by Gasteiger charge is -2.08. The third-order valence-corrected chi connectivity index (χ3v) is 2.38. The van der Waals surface area contributed by atoms with Crippen molar-refractivity contribution in [3.8, 4) is 0 Å². The van der Waals surface area contributed by atoms with Crippen LogP contribution in [0.4, 0.5) is 11.6 Å². The van der Waals surface area contributed by atoms with Crippen LogP contribution in [0.5, 0.6) is 0 Å². The number of rotatable bonds is 6. The van der Waals surface area contributed by atoms with Gasteiger partial charge in [0.25, 0.3) is 0 Å². The molecule has 0 radical (unpaired) electrons. The molecule has 0 spiro atoms. The lowest BCUT2D eigenvalue weighted by atomic mass is 10.4. The summed E-state index contributed by atoms with van der Waals surface area (Å²) in [5.74, 6) is 3.21. The van der Waals surface area contributed by atoms with E-state index in [1.165, 1.54) is 0 Å². The minimum atomic E-state index is 0.561. The van der Waals surface area contributed by atoms with Crippen molar-refractivity contribution < 1.29 is 4.52 Å². The van der Waals surface area contributed by atoms with Crippen LogP contribution in [0.3, 0.4) is 0 Å². The van der Waals surface area contributed by atoms with Crippen molar-refractivity contribution >= 4 is 11.6 Å². The van der Waals surface area contributed by atoms with Crippen LogP contribution in [0, 0.1) is 0 Å². The Hall–Kier alpha value is -2.11. The average molecular weight is 247 g/mol. The van der Waals surface area contributed by atoms with Crippen LogP contribution >= 0.6 is 0 Å². The Labute approximate surface area is 106 Å². The quantitative estimate of drug-likeness (QED) is 0.813. The Morgan fingerprint density at radius 2 is 1.94 bits per heavy atom. The van der Waals surface area contributed by atoms with Crippen LogP contribution in [0.15, 0.2) is 22.9 Å². The predicted octanol–water partition coefficient (Wildman–Crippen LogP) is 2.07. The molecule has 2 N–H and O–H groups in total. The summed E-state index contributed by atoms with van der Waals surface area (Å²) in [7, 11) is 0. The minimum Gasteiger partial charge on any atom is -0.370 e. The highest BCUT2D eigenvalue weighted by atomic mass is 16.5. The summed E-state index contributed by atoms with van der Waals surface area (Å²) in [5.41, 5.74) is 0. The van der Waals surface area contributed by atoms with Gasteiger partial charge in [0, 0.05) is 25.1 Å². The third kappa shape index (κ3) is 3.19. The summed E-state index contributed by atoms with van der Waals surface area (Å²) in [6.07, 6.45) is 2.43. The zero-order valence-corrected chi connectivity index (χ0v) is 10.6. The molecule has 2 aromatic rings. The number of hydrogen-bond acceptors (Lipinski definition) is 6. The van der Waals surface area contributed by atoms with Gasteiger partial charge in [-0.1, -0.05) is 12.1 Å². The molecule has 0 atom stereocenters. The number of anilines is 2. The molecule has 0 aliphatic rings. The molecule has 0 aromatic carbocycles. The van der Waals surface area contributed by atoms with Crippen LogP contribution in [0.1, 0.15) is 25.4 Å². The molecule has 0 unspecified atom stereocenters. The van der Waals surface area contributed by atoms with E-state index in [1.807, 2.05) is 26.0 Å². The molecule has 18 heavy (non-hydrogen) atoms. The van der Waals surface area contributed by atoms with Gasteiger partial charge < -0.3 is 15.2 Å². The second kappa shape index (κ2) is 6.00. The Kier molecular flexibility index (Phi) is 4.11. The second-order valence-corrected chi connectivity index (χ2v) is 3.77. The Morgan fingerprint density at radius 1 is 1.17 bits per heavy atom. The van der Waals surface area contributed by atoms with Crippen LogP contribution < -0.4 is 10.6 Å². The van der Waals surface area contributed by atoms with Gasteiger partial charge in [0.1, 0.15) is 17.5 Å². The van der Waals surface area contributed by atoms with Gasteiger partial charge in [-0.05, 0) is 6.92 Å². The van der Waals surface area contributed by atoms with Crippen molar-refractivity contribution in [2.75, 3.05) is 17.2 Å². The highest BCUT2D eigenvalue weighted by Gasteiger charge is 2.04. The first-order valence-electron chi connectivity index (χ1n) is 6.07. The van der Waals surface area contributed by atoms with E-state index >= 15 is 0 Å². The summed E-state index contributed by atoms with van der Waals surface area (Å²) >= 11 is 0. The Bertz CT molecular complexity index is 483. The molecular formula is C12H17N5O. The topological polar surface area (TPSA) is 75.9 Å². The van der Waals surface area contributed by atoms with Crippen molar-refractivity contribution in [1.82, 2.24) is 15.1 Å². The Balaban J connectivity index is 2.08. The smallest absolute Gasteiger partial charge is 0.155 e. The number of aryl methyl sites for hydroxylation is 1. The molecule has 0 fully saturated rings. The molecule has 0 aliphatic heterocycles. The SMILES string of the molecule is CCNc1cc(NCc2ccno2)nc(CC)n1. The molecule has 0 aliphatic carbocycles. The number of nitrogens with one attached hydrogen (secondary N) is 2. The molecular weight excluding hydrogens is 230 g/mol. The first kappa shape index (κ1) is 12.3. The highest BCUT2D eigenvalue weighted by Crippen LogP contribution is 2.12. The van der Waals surface area contributed by atoms with E-state index < -0.39 is 0 Å². The summed E-state index contributed by atoms with van der Waals surface area (Å²) in [5, 5.41) is 10.0. The fourth-order valence-electron chi connectivity index (χ4n) is 1.53. The molecule has 2 aromatic heterocycles. The van der Waals surface area contributed by atoms with E-state index in [4.69, 9.17) is 4.52 Å². The summed E-state index contributed by atoms with van der Waals surface area (Å²) in [4.78, 5) is 8.80. The monoisotopic (exact) mass is 247 g/mol. The molecule has 0 saturated carbocycles. The molecule has 0 bridgehead atoms. The van der Waals surface area contributed by atoms with Crippen molar-refractivity contribution in [2.24, 2.45) is 0 Å². The number of nitrogens with zero attached hydrogens (tertiary/aromatic N) is 3. The van der Waals surface area contributed by atoms with Gasteiger partial charge in [0.05, 0.1) is 12.7 Å². The summed E-state index contributed by atoms with van der Waals surface area (Å²) in [6.45, 7) is 5.47. The lowest BCUT2D eigenvalue weighted by Crippen LogP contribution is -2.07. The maximum absolute atomic E-state index is 5.02. The molecule has 0 saturated heterocycles. The number of aromatic nitrogens is 3. The zero-order chi connectivity index (χ0) is 12.8. The molecule has 96 valence electrons. The van der Waals surface area contributed by atoms with Gasteiger partial charge in [0.15, 0.2) is 5.76 Å². The molecule has 0 amide bonds. The van der Waals surface area contributed by atoms with Crippen LogP contribution in [0.25, 0.3) is 0 Å². The maximum Gasteiger partial charge on any atom is 0.155 e. The van der Waals surface area contributed by atoms with Crippen LogP contribution in [-0.2, 0) is 13.0 Å². The first-order chi connectivity index (χ1) is 8.81. The zero-order valence-electron chi connectivity index (χ0n) is 10.6. The van der Waals surface area contributed by atoms with Crippen molar-refractivity contribution in [3.05, 3.63) is 29.9 Å². The largest absolute Gasteiger partial charge is 0.370 e. The predicted molar refractivity (Wildman–Crippen MR) is 69.4 cm³/mol. The summed E-state index contributed by atoms with van der Waals surface area (Å²) < 4.78 is 5.02. The van der Waals surface area contributed by atoms with Gasteiger partial charge >= 0.3 is 0 Å².